The van der Waals surface area contributed by atoms with Gasteiger partial charge in [-0.25, -0.2) is 4.98 Å². The zero-order valence-corrected chi connectivity index (χ0v) is 18.6. The topological polar surface area (TPSA) is 107 Å². The standard InChI is InChI=1S/C23H23N5O2S/c1-13-18(14-8-10-17(11-9-14)25-21(29)23(2,3)4)26-20(31-13)16-7-5-6-15(12-16)19-27-28-22(24)30-19/h5-12H,1-4H3,(H2,24,28)(H,25,29). The van der Waals surface area contributed by atoms with E-state index in [0.29, 0.717) is 5.89 Å². The molecule has 0 saturated carbocycles. The lowest BCUT2D eigenvalue weighted by molar-refractivity contribution is -0.123. The molecule has 0 saturated heterocycles. The molecule has 0 aliphatic rings. The van der Waals surface area contributed by atoms with Crippen molar-refractivity contribution in [2.24, 2.45) is 5.41 Å². The molecule has 3 N–H and O–H groups in total. The van der Waals surface area contributed by atoms with E-state index in [2.05, 4.69) is 15.5 Å². The fourth-order valence-corrected chi connectivity index (χ4v) is 3.89. The minimum atomic E-state index is -0.444. The predicted molar refractivity (Wildman–Crippen MR) is 124 cm³/mol. The van der Waals surface area contributed by atoms with Crippen LogP contribution in [0.4, 0.5) is 11.7 Å². The summed E-state index contributed by atoms with van der Waals surface area (Å²) in [6, 6.07) is 15.6. The van der Waals surface area contributed by atoms with Crippen LogP contribution in [0.15, 0.2) is 52.9 Å². The molecule has 2 aromatic heterocycles. The minimum Gasteiger partial charge on any atom is -0.404 e. The van der Waals surface area contributed by atoms with E-state index in [1.165, 1.54) is 0 Å². The lowest BCUT2D eigenvalue weighted by Gasteiger charge is -2.17. The summed E-state index contributed by atoms with van der Waals surface area (Å²) in [4.78, 5) is 18.2. The van der Waals surface area contributed by atoms with Gasteiger partial charge in [0.05, 0.1) is 5.69 Å². The van der Waals surface area contributed by atoms with Crippen LogP contribution >= 0.6 is 11.3 Å². The van der Waals surface area contributed by atoms with Gasteiger partial charge in [-0.2, -0.15) is 0 Å². The molecule has 0 spiro atoms. The Morgan fingerprint density at radius 2 is 1.74 bits per heavy atom. The number of carbonyl (C=O) groups excluding carboxylic acids is 1. The van der Waals surface area contributed by atoms with Gasteiger partial charge in [0.1, 0.15) is 5.01 Å². The van der Waals surface area contributed by atoms with Gasteiger partial charge in [0.2, 0.25) is 11.8 Å². The average Bonchev–Trinajstić information content (AvgIpc) is 3.34. The van der Waals surface area contributed by atoms with E-state index in [9.17, 15) is 4.79 Å². The van der Waals surface area contributed by atoms with Gasteiger partial charge in [0.15, 0.2) is 0 Å². The second-order valence-electron chi connectivity index (χ2n) is 8.23. The van der Waals surface area contributed by atoms with Crippen molar-refractivity contribution in [2.45, 2.75) is 27.7 Å². The maximum atomic E-state index is 12.2. The minimum absolute atomic E-state index is 0.0183. The van der Waals surface area contributed by atoms with Crippen molar-refractivity contribution < 1.29 is 9.21 Å². The van der Waals surface area contributed by atoms with Gasteiger partial charge in [0, 0.05) is 32.7 Å². The van der Waals surface area contributed by atoms with Crippen molar-refractivity contribution in [3.8, 4) is 33.3 Å². The van der Waals surface area contributed by atoms with Crippen LogP contribution in [0.25, 0.3) is 33.3 Å². The molecule has 0 aliphatic heterocycles. The summed E-state index contributed by atoms with van der Waals surface area (Å²) in [5.41, 5.74) is 9.52. The van der Waals surface area contributed by atoms with Gasteiger partial charge in [0.25, 0.3) is 0 Å². The Kier molecular flexibility index (Phi) is 5.32. The Morgan fingerprint density at radius 3 is 2.39 bits per heavy atom. The number of rotatable bonds is 4. The molecule has 0 atom stereocenters. The summed E-state index contributed by atoms with van der Waals surface area (Å²) in [5.74, 6) is 0.357. The number of nitrogens with one attached hydrogen (secondary N) is 1. The number of nitrogens with zero attached hydrogens (tertiary/aromatic N) is 3. The third kappa shape index (κ3) is 4.49. The first kappa shape index (κ1) is 20.7. The Morgan fingerprint density at radius 1 is 1.03 bits per heavy atom. The van der Waals surface area contributed by atoms with Gasteiger partial charge in [-0.3, -0.25) is 4.79 Å². The van der Waals surface area contributed by atoms with E-state index >= 15 is 0 Å². The predicted octanol–water partition coefficient (Wildman–Crippen LogP) is 5.40. The molecule has 0 radical (unpaired) electrons. The van der Waals surface area contributed by atoms with E-state index in [-0.39, 0.29) is 11.9 Å². The molecule has 0 bridgehead atoms. The van der Waals surface area contributed by atoms with Crippen molar-refractivity contribution in [1.29, 1.82) is 0 Å². The number of aryl methyl sites for hydroxylation is 1. The molecule has 0 unspecified atom stereocenters. The number of thiazole rings is 1. The number of amides is 1. The van der Waals surface area contributed by atoms with Crippen LogP contribution in [0, 0.1) is 12.3 Å². The number of anilines is 2. The Balaban J connectivity index is 1.59. The molecule has 1 amide bonds. The Labute approximate surface area is 184 Å². The van der Waals surface area contributed by atoms with E-state index < -0.39 is 5.41 Å². The second-order valence-corrected chi connectivity index (χ2v) is 9.43. The van der Waals surface area contributed by atoms with Crippen molar-refractivity contribution in [1.82, 2.24) is 15.2 Å². The highest BCUT2D eigenvalue weighted by molar-refractivity contribution is 7.15. The van der Waals surface area contributed by atoms with E-state index in [0.717, 1.165) is 38.0 Å². The molecule has 0 aliphatic carbocycles. The fourth-order valence-electron chi connectivity index (χ4n) is 2.95. The number of hydrogen-bond acceptors (Lipinski definition) is 7. The summed E-state index contributed by atoms with van der Waals surface area (Å²) in [6.45, 7) is 7.71. The first-order chi connectivity index (χ1) is 14.7. The SMILES string of the molecule is Cc1sc(-c2cccc(-c3nnc(N)o3)c2)nc1-c1ccc(NC(=O)C(C)(C)C)cc1. The number of aromatic nitrogens is 3. The smallest absolute Gasteiger partial charge is 0.313 e. The van der Waals surface area contributed by atoms with Gasteiger partial charge < -0.3 is 15.5 Å². The fraction of sp³-hybridized carbons (Fsp3) is 0.217. The van der Waals surface area contributed by atoms with Gasteiger partial charge in [-0.05, 0) is 31.2 Å². The Hall–Kier alpha value is -3.52. The quantitative estimate of drug-likeness (QED) is 0.446. The summed E-state index contributed by atoms with van der Waals surface area (Å²) in [6.07, 6.45) is 0. The molecule has 7 nitrogen and oxygen atoms in total. The largest absolute Gasteiger partial charge is 0.404 e. The summed E-state index contributed by atoms with van der Waals surface area (Å²) in [5, 5.41) is 11.5. The highest BCUT2D eigenvalue weighted by Gasteiger charge is 2.21. The normalized spacial score (nSPS) is 11.5. The van der Waals surface area contributed by atoms with Gasteiger partial charge in [-0.15, -0.1) is 16.4 Å². The number of carbonyl (C=O) groups is 1. The van der Waals surface area contributed by atoms with Gasteiger partial charge in [-0.1, -0.05) is 50.1 Å². The van der Waals surface area contributed by atoms with Crippen LogP contribution in [0.1, 0.15) is 25.6 Å². The lowest BCUT2D eigenvalue weighted by atomic mass is 9.95. The summed E-state index contributed by atoms with van der Waals surface area (Å²) >= 11 is 1.62. The third-order valence-corrected chi connectivity index (χ3v) is 5.71. The summed E-state index contributed by atoms with van der Waals surface area (Å²) < 4.78 is 5.33. The zero-order chi connectivity index (χ0) is 22.2. The van der Waals surface area contributed by atoms with Crippen LogP contribution in [-0.2, 0) is 4.79 Å². The van der Waals surface area contributed by atoms with Crippen LogP contribution in [0.5, 0.6) is 0 Å². The molecular formula is C23H23N5O2S. The first-order valence-corrected chi connectivity index (χ1v) is 10.6. The van der Waals surface area contributed by atoms with E-state index in [4.69, 9.17) is 15.1 Å². The monoisotopic (exact) mass is 433 g/mol. The van der Waals surface area contributed by atoms with Crippen LogP contribution in [0.2, 0.25) is 0 Å². The van der Waals surface area contributed by atoms with Crippen molar-refractivity contribution in [2.75, 3.05) is 11.1 Å². The zero-order valence-electron chi connectivity index (χ0n) is 17.8. The van der Waals surface area contributed by atoms with E-state index in [1.807, 2.05) is 76.2 Å². The molecule has 4 aromatic rings. The summed E-state index contributed by atoms with van der Waals surface area (Å²) in [7, 11) is 0. The van der Waals surface area contributed by atoms with Crippen LogP contribution in [-0.4, -0.2) is 21.1 Å². The maximum Gasteiger partial charge on any atom is 0.313 e. The highest BCUT2D eigenvalue weighted by atomic mass is 32.1. The number of benzene rings is 2. The van der Waals surface area contributed by atoms with E-state index in [1.54, 1.807) is 11.3 Å². The van der Waals surface area contributed by atoms with Crippen LogP contribution < -0.4 is 11.1 Å². The number of nitrogens with two attached hydrogens (primary N) is 1. The molecule has 31 heavy (non-hydrogen) atoms. The van der Waals surface area contributed by atoms with Crippen molar-refractivity contribution in [3.05, 3.63) is 53.4 Å². The number of nitrogen functional groups attached to an aromatic ring is 1. The maximum absolute atomic E-state index is 12.2. The number of hydrogen-bond donors (Lipinski definition) is 2. The second kappa shape index (κ2) is 7.96. The van der Waals surface area contributed by atoms with Gasteiger partial charge >= 0.3 is 6.01 Å². The molecule has 2 aromatic carbocycles. The first-order valence-electron chi connectivity index (χ1n) is 9.80. The lowest BCUT2D eigenvalue weighted by Crippen LogP contribution is -2.27. The Bertz CT molecular complexity index is 1240. The molecule has 0 fully saturated rings. The molecule has 8 heteroatoms. The molecule has 4 rings (SSSR count). The molecule has 158 valence electrons. The van der Waals surface area contributed by atoms with Crippen LogP contribution in [0.3, 0.4) is 0 Å². The highest BCUT2D eigenvalue weighted by Crippen LogP contribution is 2.35. The third-order valence-electron chi connectivity index (χ3n) is 4.69. The molecular weight excluding hydrogens is 410 g/mol. The molecule has 2 heterocycles. The average molecular weight is 434 g/mol. The van der Waals surface area contributed by atoms with Crippen molar-refractivity contribution in [3.63, 3.8) is 0 Å². The van der Waals surface area contributed by atoms with Crippen molar-refractivity contribution >= 4 is 28.9 Å².